The van der Waals surface area contributed by atoms with Gasteiger partial charge in [0.15, 0.2) is 0 Å². The fourth-order valence-electron chi connectivity index (χ4n) is 10.8. The molecule has 4 aliphatic rings. The molecule has 2 saturated heterocycles. The van der Waals surface area contributed by atoms with Gasteiger partial charge in [-0.2, -0.15) is 0 Å². The summed E-state index contributed by atoms with van der Waals surface area (Å²) in [6, 6.07) is 22.4. The lowest BCUT2D eigenvalue weighted by Crippen LogP contribution is -2.54. The summed E-state index contributed by atoms with van der Waals surface area (Å²) in [5.74, 6) is 0.285. The van der Waals surface area contributed by atoms with Crippen LogP contribution in [0.15, 0.2) is 90.1 Å². The number of rotatable bonds is 13. The van der Waals surface area contributed by atoms with Crippen molar-refractivity contribution in [1.29, 1.82) is 0 Å². The topological polar surface area (TPSA) is 183 Å². The van der Waals surface area contributed by atoms with Crippen LogP contribution in [0.5, 0.6) is 11.5 Å². The Balaban J connectivity index is 0.895. The van der Waals surface area contributed by atoms with E-state index in [1.807, 2.05) is 19.1 Å². The van der Waals surface area contributed by atoms with Gasteiger partial charge in [0.1, 0.15) is 22.8 Å². The number of benzene rings is 3. The van der Waals surface area contributed by atoms with Crippen molar-refractivity contribution in [2.45, 2.75) is 113 Å². The van der Waals surface area contributed by atoms with Crippen LogP contribution >= 0.6 is 0 Å². The molecule has 14 nitrogen and oxygen atoms in total. The van der Waals surface area contributed by atoms with Gasteiger partial charge in [0.05, 0.1) is 27.2 Å². The number of hydrogen-bond donors (Lipinski definition) is 4. The summed E-state index contributed by atoms with van der Waals surface area (Å²) in [6.45, 7) is 9.66. The van der Waals surface area contributed by atoms with E-state index in [-0.39, 0.29) is 22.9 Å². The van der Waals surface area contributed by atoms with Crippen LogP contribution in [-0.4, -0.2) is 77.0 Å². The molecule has 4 heterocycles. The number of aromatic nitrogens is 2. The van der Waals surface area contributed by atoms with Gasteiger partial charge in [-0.05, 0) is 142 Å². The van der Waals surface area contributed by atoms with Crippen LogP contribution in [0.25, 0.3) is 11.0 Å². The standard InChI is InChI=1S/C49H59N7O7S/c1-32(2)39-7-4-5-8-40(39)43-9-6-22-55(43)36-28-49(29-36)19-23-54(24-20-49)35-10-12-41(45(26-35)63-37-25-34-16-21-50-46(34)52-31-37)47(57)53-64(61,62)38-11-13-42(44(27-38)56(59)60)51-30-33-14-17-48(3,58)18-15-33/h4-5,7-8,10-13,16,21,25-27,31-33,36,43,51,58H,6,9,14-15,17-20,22-24,28-30H2,1-3H3,(H,50,52)(H,53,57). The Bertz CT molecular complexity index is 2640. The molecule has 4 fully saturated rings. The Morgan fingerprint density at radius 1 is 1.00 bits per heavy atom. The third-order valence-corrected chi connectivity index (χ3v) is 15.9. The van der Waals surface area contributed by atoms with Crippen molar-refractivity contribution < 1.29 is 28.0 Å². The lowest BCUT2D eigenvalue weighted by molar-refractivity contribution is -0.384. The Hall–Kier alpha value is -5.51. The highest BCUT2D eigenvalue weighted by atomic mass is 32.2. The van der Waals surface area contributed by atoms with Gasteiger partial charge in [0.2, 0.25) is 0 Å². The quantitative estimate of drug-likeness (QED) is 0.0653. The molecule has 1 amide bonds. The molecule has 5 aromatic rings. The molecule has 2 aromatic heterocycles. The van der Waals surface area contributed by atoms with Gasteiger partial charge in [-0.25, -0.2) is 18.1 Å². The molecule has 2 aliphatic carbocycles. The molecule has 2 saturated carbocycles. The fraction of sp³-hybridized carbons (Fsp3) is 0.469. The number of fused-ring (bicyclic) bond motifs is 1. The zero-order valence-electron chi connectivity index (χ0n) is 36.9. The number of aliphatic hydroxyl groups is 1. The van der Waals surface area contributed by atoms with Crippen LogP contribution < -0.4 is 19.7 Å². The van der Waals surface area contributed by atoms with Crippen LogP contribution in [0.4, 0.5) is 17.1 Å². The molecule has 9 rings (SSSR count). The van der Waals surface area contributed by atoms with E-state index < -0.39 is 37.0 Å². The van der Waals surface area contributed by atoms with E-state index in [0.717, 1.165) is 62.5 Å². The molecule has 0 bridgehead atoms. The monoisotopic (exact) mass is 889 g/mol. The molecule has 15 heteroatoms. The summed E-state index contributed by atoms with van der Waals surface area (Å²) in [7, 11) is -4.56. The van der Waals surface area contributed by atoms with Crippen LogP contribution in [0.1, 0.15) is 118 Å². The van der Waals surface area contributed by atoms with Gasteiger partial charge >= 0.3 is 0 Å². The van der Waals surface area contributed by atoms with E-state index >= 15 is 0 Å². The number of amides is 1. The van der Waals surface area contributed by atoms with Crippen molar-refractivity contribution in [2.75, 3.05) is 36.4 Å². The van der Waals surface area contributed by atoms with Gasteiger partial charge < -0.3 is 25.0 Å². The van der Waals surface area contributed by atoms with Crippen molar-refractivity contribution >= 4 is 44.0 Å². The molecule has 3 aromatic carbocycles. The van der Waals surface area contributed by atoms with E-state index in [9.17, 15) is 28.4 Å². The minimum absolute atomic E-state index is 0.0183. The van der Waals surface area contributed by atoms with E-state index in [4.69, 9.17) is 4.74 Å². The Morgan fingerprint density at radius 2 is 1.77 bits per heavy atom. The van der Waals surface area contributed by atoms with Crippen molar-refractivity contribution in [3.63, 3.8) is 0 Å². The first-order chi connectivity index (χ1) is 30.7. The zero-order chi connectivity index (χ0) is 44.8. The molecule has 338 valence electrons. The van der Waals surface area contributed by atoms with Crippen molar-refractivity contribution in [3.8, 4) is 11.5 Å². The minimum Gasteiger partial charge on any atom is -0.455 e. The van der Waals surface area contributed by atoms with Crippen LogP contribution in [0, 0.1) is 21.4 Å². The van der Waals surface area contributed by atoms with Crippen molar-refractivity contribution in [1.82, 2.24) is 19.6 Å². The number of ether oxygens (including phenoxy) is 1. The predicted octanol–water partition coefficient (Wildman–Crippen LogP) is 9.44. The average molecular weight is 890 g/mol. The van der Waals surface area contributed by atoms with Gasteiger partial charge in [-0.15, -0.1) is 0 Å². The SMILES string of the molecule is CC(C)c1ccccc1C1CCCN1C1CC2(CCN(c3ccc(C(=O)NS(=O)(=O)c4ccc(NCC5CCC(C)(O)CC5)c([N+](=O)[O-])c4)c(Oc4cnc5[nH]ccc5c4)c3)CC2)C1. The number of carbonyl (C=O) groups is 1. The largest absolute Gasteiger partial charge is 0.455 e. The minimum atomic E-state index is -4.56. The molecular formula is C49H59N7O7S. The number of likely N-dealkylation sites (tertiary alicyclic amines) is 1. The Morgan fingerprint density at radius 3 is 2.52 bits per heavy atom. The second-order valence-electron chi connectivity index (χ2n) is 19.3. The van der Waals surface area contributed by atoms with Crippen LogP contribution in [-0.2, 0) is 10.0 Å². The molecule has 64 heavy (non-hydrogen) atoms. The highest BCUT2D eigenvalue weighted by Gasteiger charge is 2.50. The van der Waals surface area contributed by atoms with Crippen LogP contribution in [0.3, 0.4) is 0 Å². The molecule has 1 atom stereocenters. The number of hydrogen-bond acceptors (Lipinski definition) is 11. The smallest absolute Gasteiger partial charge is 0.293 e. The maximum atomic E-state index is 14.0. The number of sulfonamides is 1. The molecule has 2 aliphatic heterocycles. The molecule has 0 radical (unpaired) electrons. The number of pyridine rings is 1. The normalized spacial score (nSPS) is 22.7. The number of H-pyrrole nitrogens is 1. The number of nitrogens with zero attached hydrogens (tertiary/aromatic N) is 4. The molecular weight excluding hydrogens is 831 g/mol. The highest BCUT2D eigenvalue weighted by molar-refractivity contribution is 7.90. The summed E-state index contributed by atoms with van der Waals surface area (Å²) in [5.41, 5.74) is 3.82. The lowest BCUT2D eigenvalue weighted by atomic mass is 9.59. The summed E-state index contributed by atoms with van der Waals surface area (Å²) in [6.07, 6.45) is 13.1. The Kier molecular flexibility index (Phi) is 11.9. The van der Waals surface area contributed by atoms with E-state index in [0.29, 0.717) is 54.2 Å². The first-order valence-corrected chi connectivity index (χ1v) is 24.3. The Labute approximate surface area is 375 Å². The number of nitro benzene ring substituents is 1. The number of piperidine rings is 1. The average Bonchev–Trinajstić information content (AvgIpc) is 3.95. The summed E-state index contributed by atoms with van der Waals surface area (Å²) >= 11 is 0. The maximum Gasteiger partial charge on any atom is 0.293 e. The summed E-state index contributed by atoms with van der Waals surface area (Å²) in [5, 5.41) is 26.4. The second kappa shape index (κ2) is 17.5. The third-order valence-electron chi connectivity index (χ3n) is 14.5. The van der Waals surface area contributed by atoms with E-state index in [1.165, 1.54) is 48.9 Å². The highest BCUT2D eigenvalue weighted by Crippen LogP contribution is 2.54. The number of aromatic amines is 1. The first-order valence-electron chi connectivity index (χ1n) is 22.8. The number of carbonyl (C=O) groups excluding carboxylic acids is 1. The van der Waals surface area contributed by atoms with Gasteiger partial charge in [0.25, 0.3) is 21.6 Å². The number of nitrogens with one attached hydrogen (secondary N) is 3. The molecule has 4 N–H and O–H groups in total. The van der Waals surface area contributed by atoms with E-state index in [1.54, 1.807) is 30.6 Å². The van der Waals surface area contributed by atoms with Crippen molar-refractivity contribution in [2.24, 2.45) is 11.3 Å². The number of nitro groups is 1. The van der Waals surface area contributed by atoms with Gasteiger partial charge in [-0.1, -0.05) is 38.1 Å². The third kappa shape index (κ3) is 9.07. The van der Waals surface area contributed by atoms with Gasteiger partial charge in [0, 0.05) is 61.1 Å². The fourth-order valence-corrected chi connectivity index (χ4v) is 11.8. The maximum absolute atomic E-state index is 14.0. The summed E-state index contributed by atoms with van der Waals surface area (Å²) in [4.78, 5) is 37.7. The van der Waals surface area contributed by atoms with Crippen molar-refractivity contribution in [3.05, 3.63) is 112 Å². The zero-order valence-corrected chi connectivity index (χ0v) is 37.7. The van der Waals surface area contributed by atoms with Gasteiger partial charge in [-0.3, -0.25) is 19.8 Å². The first kappa shape index (κ1) is 43.7. The summed E-state index contributed by atoms with van der Waals surface area (Å²) < 4.78 is 36.0. The number of anilines is 2. The van der Waals surface area contributed by atoms with Crippen LogP contribution in [0.2, 0.25) is 0 Å². The second-order valence-corrected chi connectivity index (χ2v) is 21.0. The lowest BCUT2D eigenvalue weighted by Gasteiger charge is -2.56. The molecule has 1 spiro atoms. The predicted molar refractivity (Wildman–Crippen MR) is 248 cm³/mol. The van der Waals surface area contributed by atoms with E-state index in [2.05, 4.69) is 67.9 Å². The molecule has 1 unspecified atom stereocenters.